The zero-order valence-corrected chi connectivity index (χ0v) is 26.6. The van der Waals surface area contributed by atoms with E-state index in [9.17, 15) is 28.1 Å². The number of nitro groups is 1. The van der Waals surface area contributed by atoms with Gasteiger partial charge in [0.1, 0.15) is 5.75 Å². The van der Waals surface area contributed by atoms with Gasteiger partial charge in [0.2, 0.25) is 0 Å². The van der Waals surface area contributed by atoms with E-state index in [0.717, 1.165) is 23.5 Å². The Morgan fingerprint density at radius 3 is 2.43 bits per heavy atom. The van der Waals surface area contributed by atoms with Crippen molar-refractivity contribution < 1.29 is 36.5 Å². The highest BCUT2D eigenvalue weighted by Gasteiger charge is 2.33. The second-order valence-electron chi connectivity index (χ2n) is 9.75. The molecule has 1 aromatic heterocycles. The number of hydrogen-bond acceptors (Lipinski definition) is 12. The Morgan fingerprint density at radius 2 is 1.78 bits per heavy atom. The number of carbonyl (C=O) groups excluding carboxylic acids is 1. The zero-order chi connectivity index (χ0) is 33.2. The van der Waals surface area contributed by atoms with Crippen molar-refractivity contribution in [2.45, 2.75) is 24.8 Å². The van der Waals surface area contributed by atoms with Crippen molar-refractivity contribution in [1.82, 2.24) is 4.57 Å². The first kappa shape index (κ1) is 32.1. The van der Waals surface area contributed by atoms with Gasteiger partial charge in [-0.2, -0.15) is 8.42 Å². The number of rotatable bonds is 10. The Bertz CT molecular complexity index is 2170. The molecule has 238 valence electrons. The van der Waals surface area contributed by atoms with Crippen LogP contribution in [-0.4, -0.2) is 44.7 Å². The van der Waals surface area contributed by atoms with Gasteiger partial charge in [-0.25, -0.2) is 9.79 Å². The summed E-state index contributed by atoms with van der Waals surface area (Å²) in [6.45, 7) is 3.51. The van der Waals surface area contributed by atoms with Crippen molar-refractivity contribution in [2.24, 2.45) is 4.99 Å². The third-order valence-corrected chi connectivity index (χ3v) is 9.23. The number of nitrogens with zero attached hydrogens (tertiary/aromatic N) is 3. The lowest BCUT2D eigenvalue weighted by Crippen LogP contribution is -2.39. The van der Waals surface area contributed by atoms with Crippen LogP contribution in [0.25, 0.3) is 6.08 Å². The topological polar surface area (TPSA) is 166 Å². The summed E-state index contributed by atoms with van der Waals surface area (Å²) in [5, 5.41) is 11.4. The van der Waals surface area contributed by atoms with E-state index in [1.165, 1.54) is 49.1 Å². The van der Waals surface area contributed by atoms with E-state index in [0.29, 0.717) is 27.4 Å². The fourth-order valence-corrected chi connectivity index (χ4v) is 7.02. The molecule has 0 unspecified atom stereocenters. The first-order valence-electron chi connectivity index (χ1n) is 13.7. The first-order chi connectivity index (χ1) is 22.0. The molecule has 4 aromatic rings. The maximum atomic E-state index is 13.9. The van der Waals surface area contributed by atoms with Crippen LogP contribution < -0.4 is 28.5 Å². The van der Waals surface area contributed by atoms with Crippen LogP contribution in [0.2, 0.25) is 0 Å². The molecule has 15 heteroatoms. The summed E-state index contributed by atoms with van der Waals surface area (Å²) in [6.07, 6.45) is 1.57. The third kappa shape index (κ3) is 6.14. The first-order valence-corrected chi connectivity index (χ1v) is 15.9. The fourth-order valence-electron chi connectivity index (χ4n) is 4.87. The Hall–Kier alpha value is -5.28. The molecule has 0 N–H and O–H groups in total. The summed E-state index contributed by atoms with van der Waals surface area (Å²) in [4.78, 5) is 41.9. The van der Waals surface area contributed by atoms with Gasteiger partial charge in [-0.1, -0.05) is 41.7 Å². The van der Waals surface area contributed by atoms with Crippen LogP contribution in [0.15, 0.2) is 92.7 Å². The van der Waals surface area contributed by atoms with E-state index in [-0.39, 0.29) is 28.2 Å². The average molecular weight is 666 g/mol. The van der Waals surface area contributed by atoms with Crippen molar-refractivity contribution in [3.8, 4) is 17.2 Å². The van der Waals surface area contributed by atoms with Crippen LogP contribution in [0.5, 0.6) is 17.2 Å². The number of esters is 1. The highest BCUT2D eigenvalue weighted by atomic mass is 32.2. The van der Waals surface area contributed by atoms with Crippen LogP contribution in [0.4, 0.5) is 5.69 Å². The van der Waals surface area contributed by atoms with Crippen molar-refractivity contribution >= 4 is 39.2 Å². The largest absolute Gasteiger partial charge is 0.497 e. The van der Waals surface area contributed by atoms with Crippen LogP contribution in [0, 0.1) is 10.1 Å². The van der Waals surface area contributed by atoms with E-state index in [4.69, 9.17) is 18.4 Å². The van der Waals surface area contributed by atoms with Gasteiger partial charge in [0.25, 0.3) is 11.2 Å². The minimum Gasteiger partial charge on any atom is -0.497 e. The molecule has 0 amide bonds. The van der Waals surface area contributed by atoms with E-state index in [1.54, 1.807) is 44.2 Å². The molecule has 1 aliphatic rings. The van der Waals surface area contributed by atoms with Gasteiger partial charge >= 0.3 is 16.1 Å². The van der Waals surface area contributed by atoms with Gasteiger partial charge in [-0.15, -0.1) is 0 Å². The lowest BCUT2D eigenvalue weighted by Gasteiger charge is -2.24. The molecule has 1 aliphatic heterocycles. The molecule has 0 aliphatic carbocycles. The van der Waals surface area contributed by atoms with E-state index in [2.05, 4.69) is 4.99 Å². The van der Waals surface area contributed by atoms with Crippen molar-refractivity contribution in [2.75, 3.05) is 20.8 Å². The Morgan fingerprint density at radius 1 is 1.07 bits per heavy atom. The molecule has 0 fully saturated rings. The molecular formula is C31H27N3O10S2. The summed E-state index contributed by atoms with van der Waals surface area (Å²) in [5.74, 6) is -0.200. The summed E-state index contributed by atoms with van der Waals surface area (Å²) in [6, 6.07) is 15.3. The summed E-state index contributed by atoms with van der Waals surface area (Å²) < 4.78 is 48.8. The quantitative estimate of drug-likeness (QED) is 0.106. The number of fused-ring (bicyclic) bond motifs is 1. The number of para-hydroxylation sites is 1. The fraction of sp³-hybridized carbons (Fsp3) is 0.194. The average Bonchev–Trinajstić information content (AvgIpc) is 3.34. The molecule has 46 heavy (non-hydrogen) atoms. The minimum atomic E-state index is -4.61. The Balaban J connectivity index is 1.57. The van der Waals surface area contributed by atoms with Crippen LogP contribution in [-0.2, 0) is 19.6 Å². The van der Waals surface area contributed by atoms with Gasteiger partial charge in [0.15, 0.2) is 21.2 Å². The van der Waals surface area contributed by atoms with E-state index >= 15 is 0 Å². The second-order valence-corrected chi connectivity index (χ2v) is 12.3. The maximum Gasteiger partial charge on any atom is 0.346 e. The smallest absolute Gasteiger partial charge is 0.346 e. The molecular weight excluding hydrogens is 638 g/mol. The number of hydrogen-bond donors (Lipinski definition) is 0. The monoisotopic (exact) mass is 665 g/mol. The molecule has 0 spiro atoms. The molecule has 0 radical (unpaired) electrons. The third-order valence-electron chi connectivity index (χ3n) is 6.96. The second kappa shape index (κ2) is 13.0. The van der Waals surface area contributed by atoms with Gasteiger partial charge in [-0.3, -0.25) is 19.5 Å². The normalized spacial score (nSPS) is 14.7. The molecule has 0 bridgehead atoms. The van der Waals surface area contributed by atoms with Gasteiger partial charge in [-0.05, 0) is 61.4 Å². The molecule has 2 heterocycles. The highest BCUT2D eigenvalue weighted by molar-refractivity contribution is 7.87. The minimum absolute atomic E-state index is 0.000219. The summed E-state index contributed by atoms with van der Waals surface area (Å²) in [7, 11) is -1.77. The summed E-state index contributed by atoms with van der Waals surface area (Å²) >= 11 is 1.11. The van der Waals surface area contributed by atoms with E-state index in [1.807, 2.05) is 0 Å². The van der Waals surface area contributed by atoms with Crippen LogP contribution >= 0.6 is 11.3 Å². The molecule has 0 saturated carbocycles. The molecule has 1 atom stereocenters. The lowest BCUT2D eigenvalue weighted by atomic mass is 9.96. The predicted molar refractivity (Wildman–Crippen MR) is 167 cm³/mol. The SMILES string of the molecule is CCOC(=O)C1=C(C)N=c2s/c(=C/c3ccc(OS(=O)(=O)c4ccccc4[N+](=O)[O-])c(OC)c3)c(=O)n2[C@@H]1c1ccc(OC)cc1. The number of carbonyl (C=O) groups is 1. The number of benzene rings is 3. The number of methoxy groups -OCH3 is 2. The molecule has 5 rings (SSSR count). The van der Waals surface area contributed by atoms with Crippen molar-refractivity contribution in [3.05, 3.63) is 119 Å². The van der Waals surface area contributed by atoms with Gasteiger partial charge in [0.05, 0.1) is 47.6 Å². The Kier molecular flexibility index (Phi) is 9.07. The van der Waals surface area contributed by atoms with Gasteiger partial charge in [0, 0.05) is 6.07 Å². The molecule has 0 saturated heterocycles. The number of ether oxygens (including phenoxy) is 3. The maximum absolute atomic E-state index is 13.9. The predicted octanol–water partition coefficient (Wildman–Crippen LogP) is 3.49. The summed E-state index contributed by atoms with van der Waals surface area (Å²) in [5.41, 5.74) is 0.692. The standard InChI is InChI=1S/C31H27N3O10S2/c1-5-43-30(36)27-18(2)32-31-33(28(27)20-11-13-21(41-3)14-12-20)29(35)25(45-31)17-19-10-15-23(24(16-19)42-4)44-46(39,40)26-9-7-6-8-22(26)34(37)38/h6-17,28H,5H2,1-4H3/b25-17+/t28-/m1/s1. The van der Waals surface area contributed by atoms with Crippen molar-refractivity contribution in [1.29, 1.82) is 0 Å². The van der Waals surface area contributed by atoms with Crippen LogP contribution in [0.1, 0.15) is 31.0 Å². The van der Waals surface area contributed by atoms with Crippen LogP contribution in [0.3, 0.4) is 0 Å². The highest BCUT2D eigenvalue weighted by Crippen LogP contribution is 2.34. The Labute approximate surface area is 266 Å². The molecule has 13 nitrogen and oxygen atoms in total. The van der Waals surface area contributed by atoms with Gasteiger partial charge < -0.3 is 18.4 Å². The number of aromatic nitrogens is 1. The number of thiazole rings is 1. The zero-order valence-electron chi connectivity index (χ0n) is 25.0. The number of allylic oxidation sites excluding steroid dienone is 1. The molecule has 3 aromatic carbocycles. The van der Waals surface area contributed by atoms with E-state index < -0.39 is 43.2 Å². The lowest BCUT2D eigenvalue weighted by molar-refractivity contribution is -0.387. The van der Waals surface area contributed by atoms with Crippen molar-refractivity contribution in [3.63, 3.8) is 0 Å². The number of nitro benzene ring substituents is 1.